The Bertz CT molecular complexity index is 299. The quantitative estimate of drug-likeness (QED) is 0.780. The summed E-state index contributed by atoms with van der Waals surface area (Å²) in [6.07, 6.45) is 0.0958. The number of rotatable bonds is 2. The van der Waals surface area contributed by atoms with Crippen molar-refractivity contribution in [2.45, 2.75) is 10.9 Å². The SMILES string of the molecule is Clc1ccc(C(Br)C2COCCO2)s1. The van der Waals surface area contributed by atoms with Crippen LogP contribution in [0.2, 0.25) is 4.34 Å². The van der Waals surface area contributed by atoms with Crippen LogP contribution in [0.1, 0.15) is 9.70 Å². The van der Waals surface area contributed by atoms with Gasteiger partial charge in [0, 0.05) is 4.88 Å². The molecule has 0 spiro atoms. The number of thiophene rings is 1. The molecule has 1 saturated heterocycles. The summed E-state index contributed by atoms with van der Waals surface area (Å²) in [5.74, 6) is 0. The van der Waals surface area contributed by atoms with Crippen LogP contribution in [0.4, 0.5) is 0 Å². The minimum atomic E-state index is 0.0958. The van der Waals surface area contributed by atoms with Gasteiger partial charge in [0.2, 0.25) is 0 Å². The molecule has 78 valence electrons. The van der Waals surface area contributed by atoms with Crippen molar-refractivity contribution < 1.29 is 9.47 Å². The molecule has 5 heteroatoms. The Hall–Kier alpha value is 0.390. The molecule has 0 radical (unpaired) electrons. The van der Waals surface area contributed by atoms with E-state index in [-0.39, 0.29) is 10.9 Å². The van der Waals surface area contributed by atoms with E-state index in [9.17, 15) is 0 Å². The van der Waals surface area contributed by atoms with Crippen molar-refractivity contribution in [3.8, 4) is 0 Å². The third-order valence-corrected chi connectivity index (χ3v) is 4.73. The Kier molecular flexibility index (Phi) is 3.85. The molecule has 1 aliphatic rings. The van der Waals surface area contributed by atoms with Crippen LogP contribution in [0.5, 0.6) is 0 Å². The fourth-order valence-electron chi connectivity index (χ4n) is 1.33. The van der Waals surface area contributed by atoms with Crippen LogP contribution < -0.4 is 0 Å². The predicted molar refractivity (Wildman–Crippen MR) is 61.6 cm³/mol. The second-order valence-corrected chi connectivity index (χ2v) is 5.76. The van der Waals surface area contributed by atoms with Crippen LogP contribution in [0.3, 0.4) is 0 Å². The number of hydrogen-bond donors (Lipinski definition) is 0. The molecule has 2 atom stereocenters. The van der Waals surface area contributed by atoms with E-state index in [4.69, 9.17) is 21.1 Å². The maximum atomic E-state index is 5.87. The second-order valence-electron chi connectivity index (χ2n) is 3.03. The molecule has 0 amide bonds. The molecule has 2 rings (SSSR count). The first kappa shape index (κ1) is 10.9. The smallest absolute Gasteiger partial charge is 0.0983 e. The van der Waals surface area contributed by atoms with Crippen molar-refractivity contribution in [3.63, 3.8) is 0 Å². The van der Waals surface area contributed by atoms with E-state index in [0.717, 1.165) is 4.34 Å². The summed E-state index contributed by atoms with van der Waals surface area (Å²) in [5, 5.41) is 0. The molecule has 1 aliphatic heterocycles. The van der Waals surface area contributed by atoms with Gasteiger partial charge < -0.3 is 9.47 Å². The van der Waals surface area contributed by atoms with Gasteiger partial charge in [0.25, 0.3) is 0 Å². The fourth-order valence-corrected chi connectivity index (χ4v) is 3.16. The summed E-state index contributed by atoms with van der Waals surface area (Å²) in [7, 11) is 0. The van der Waals surface area contributed by atoms with Crippen LogP contribution in [0.25, 0.3) is 0 Å². The van der Waals surface area contributed by atoms with Gasteiger partial charge in [-0.2, -0.15) is 0 Å². The van der Waals surface area contributed by atoms with Crippen molar-refractivity contribution in [3.05, 3.63) is 21.3 Å². The summed E-state index contributed by atoms with van der Waals surface area (Å²) >= 11 is 11.0. The van der Waals surface area contributed by atoms with Gasteiger partial charge in [0.15, 0.2) is 0 Å². The number of ether oxygens (including phenoxy) is 2. The van der Waals surface area contributed by atoms with E-state index in [1.807, 2.05) is 12.1 Å². The number of halogens is 2. The standard InChI is InChI=1S/C9H10BrClO2S/c10-9(6-5-12-3-4-13-6)7-1-2-8(11)14-7/h1-2,6,9H,3-5H2. The summed E-state index contributed by atoms with van der Waals surface area (Å²) in [6.45, 7) is 2.01. The number of alkyl halides is 1. The summed E-state index contributed by atoms with van der Waals surface area (Å²) < 4.78 is 11.7. The second kappa shape index (κ2) is 4.94. The first-order valence-electron chi connectivity index (χ1n) is 4.36. The maximum Gasteiger partial charge on any atom is 0.0983 e. The van der Waals surface area contributed by atoms with Gasteiger partial charge in [-0.3, -0.25) is 0 Å². The van der Waals surface area contributed by atoms with Crippen molar-refractivity contribution in [2.24, 2.45) is 0 Å². The summed E-state index contributed by atoms with van der Waals surface area (Å²) in [5.41, 5.74) is 0. The highest BCUT2D eigenvalue weighted by atomic mass is 79.9. The van der Waals surface area contributed by atoms with Gasteiger partial charge in [0.05, 0.1) is 35.1 Å². The number of hydrogen-bond acceptors (Lipinski definition) is 3. The Morgan fingerprint density at radius 2 is 2.36 bits per heavy atom. The van der Waals surface area contributed by atoms with E-state index in [2.05, 4.69) is 15.9 Å². The van der Waals surface area contributed by atoms with Crippen molar-refractivity contribution >= 4 is 38.9 Å². The lowest BCUT2D eigenvalue weighted by molar-refractivity contribution is -0.0873. The van der Waals surface area contributed by atoms with Crippen molar-refractivity contribution in [1.82, 2.24) is 0 Å². The average Bonchev–Trinajstić information content (AvgIpc) is 2.65. The molecular weight excluding hydrogens is 288 g/mol. The third-order valence-electron chi connectivity index (χ3n) is 2.03. The van der Waals surface area contributed by atoms with Gasteiger partial charge >= 0.3 is 0 Å². The van der Waals surface area contributed by atoms with Gasteiger partial charge in [-0.15, -0.1) is 11.3 Å². The van der Waals surface area contributed by atoms with Gasteiger partial charge in [-0.25, -0.2) is 0 Å². The first-order valence-corrected chi connectivity index (χ1v) is 6.47. The predicted octanol–water partition coefficient (Wildman–Crippen LogP) is 3.25. The van der Waals surface area contributed by atoms with E-state index in [1.165, 1.54) is 4.88 Å². The monoisotopic (exact) mass is 296 g/mol. The molecule has 14 heavy (non-hydrogen) atoms. The Balaban J connectivity index is 2.03. The molecule has 0 bridgehead atoms. The summed E-state index contributed by atoms with van der Waals surface area (Å²) in [4.78, 5) is 1.37. The highest BCUT2D eigenvalue weighted by Gasteiger charge is 2.25. The Morgan fingerprint density at radius 3 is 2.93 bits per heavy atom. The molecule has 0 saturated carbocycles. The molecule has 1 aromatic rings. The lowest BCUT2D eigenvalue weighted by Crippen LogP contribution is -2.31. The molecule has 0 N–H and O–H groups in total. The van der Waals surface area contributed by atoms with E-state index >= 15 is 0 Å². The summed E-state index contributed by atoms with van der Waals surface area (Å²) in [6, 6.07) is 3.92. The van der Waals surface area contributed by atoms with Crippen LogP contribution in [-0.4, -0.2) is 25.9 Å². The third kappa shape index (κ3) is 2.49. The minimum absolute atomic E-state index is 0.0958. The zero-order valence-corrected chi connectivity index (χ0v) is 10.6. The first-order chi connectivity index (χ1) is 6.77. The average molecular weight is 298 g/mol. The van der Waals surface area contributed by atoms with Gasteiger partial charge in [-0.05, 0) is 12.1 Å². The lowest BCUT2D eigenvalue weighted by Gasteiger charge is -2.26. The van der Waals surface area contributed by atoms with E-state index in [0.29, 0.717) is 19.8 Å². The highest BCUT2D eigenvalue weighted by molar-refractivity contribution is 9.09. The van der Waals surface area contributed by atoms with Crippen LogP contribution in [0.15, 0.2) is 12.1 Å². The van der Waals surface area contributed by atoms with Crippen LogP contribution in [0, 0.1) is 0 Å². The van der Waals surface area contributed by atoms with Crippen molar-refractivity contribution in [2.75, 3.05) is 19.8 Å². The zero-order chi connectivity index (χ0) is 9.97. The van der Waals surface area contributed by atoms with Crippen molar-refractivity contribution in [1.29, 1.82) is 0 Å². The maximum absolute atomic E-state index is 5.87. The molecule has 1 aromatic heterocycles. The zero-order valence-electron chi connectivity index (χ0n) is 7.41. The van der Waals surface area contributed by atoms with E-state index < -0.39 is 0 Å². The molecule has 2 heterocycles. The molecule has 2 unspecified atom stereocenters. The molecule has 0 aromatic carbocycles. The van der Waals surface area contributed by atoms with Gasteiger partial charge in [0.1, 0.15) is 0 Å². The topological polar surface area (TPSA) is 18.5 Å². The normalized spacial score (nSPS) is 24.9. The highest BCUT2D eigenvalue weighted by Crippen LogP contribution is 2.36. The molecule has 0 aliphatic carbocycles. The minimum Gasteiger partial charge on any atom is -0.376 e. The van der Waals surface area contributed by atoms with E-state index in [1.54, 1.807) is 11.3 Å². The Morgan fingerprint density at radius 1 is 1.50 bits per heavy atom. The van der Waals surface area contributed by atoms with Crippen LogP contribution >= 0.6 is 38.9 Å². The van der Waals surface area contributed by atoms with Crippen LogP contribution in [-0.2, 0) is 9.47 Å². The molecule has 1 fully saturated rings. The fraction of sp³-hybridized carbons (Fsp3) is 0.556. The molecular formula is C9H10BrClO2S. The Labute approximate surface area is 100 Å². The largest absolute Gasteiger partial charge is 0.376 e. The molecule has 2 nitrogen and oxygen atoms in total. The lowest BCUT2D eigenvalue weighted by atomic mass is 10.2. The van der Waals surface area contributed by atoms with Gasteiger partial charge in [-0.1, -0.05) is 27.5 Å².